The molecule has 0 aliphatic rings. The third kappa shape index (κ3) is 3.20. The Kier molecular flexibility index (Phi) is 4.31. The van der Waals surface area contributed by atoms with Gasteiger partial charge >= 0.3 is 0 Å². The van der Waals surface area contributed by atoms with Gasteiger partial charge in [0.1, 0.15) is 12.2 Å². The van der Waals surface area contributed by atoms with Crippen LogP contribution in [0.25, 0.3) is 0 Å². The van der Waals surface area contributed by atoms with Gasteiger partial charge in [0.05, 0.1) is 11.8 Å². The van der Waals surface area contributed by atoms with E-state index in [2.05, 4.69) is 16.3 Å². The van der Waals surface area contributed by atoms with Crippen LogP contribution in [0.3, 0.4) is 0 Å². The lowest BCUT2D eigenvalue weighted by atomic mass is 9.97. The largest absolute Gasteiger partial charge is 0.312 e. The molecule has 1 heterocycles. The van der Waals surface area contributed by atoms with Gasteiger partial charge in [0.25, 0.3) is 0 Å². The number of rotatable bonds is 5. The van der Waals surface area contributed by atoms with Crippen LogP contribution in [0.2, 0.25) is 0 Å². The Balaban J connectivity index is 2.03. The number of nitriles is 1. The molecule has 1 unspecified atom stereocenters. The van der Waals surface area contributed by atoms with Gasteiger partial charge < -0.3 is 4.57 Å². The van der Waals surface area contributed by atoms with Gasteiger partial charge in [0.15, 0.2) is 10.9 Å². The smallest absolute Gasteiger partial charge is 0.191 e. The Morgan fingerprint density at radius 2 is 2.21 bits per heavy atom. The van der Waals surface area contributed by atoms with E-state index in [0.717, 1.165) is 5.56 Å². The summed E-state index contributed by atoms with van der Waals surface area (Å²) >= 11 is 1.29. The number of nitrogens with zero attached hydrogens (tertiary/aromatic N) is 4. The lowest BCUT2D eigenvalue weighted by Gasteiger charge is -2.07. The quantitative estimate of drug-likeness (QED) is 0.776. The minimum Gasteiger partial charge on any atom is -0.312 e. The molecule has 2 rings (SSSR count). The van der Waals surface area contributed by atoms with Gasteiger partial charge in [0, 0.05) is 7.05 Å². The van der Waals surface area contributed by atoms with Crippen molar-refractivity contribution in [2.24, 2.45) is 7.05 Å². The number of aryl methyl sites for hydroxylation is 1. The van der Waals surface area contributed by atoms with Crippen molar-refractivity contribution >= 4 is 17.5 Å². The van der Waals surface area contributed by atoms with E-state index in [4.69, 9.17) is 5.26 Å². The Morgan fingerprint density at radius 3 is 2.79 bits per heavy atom. The standard InChI is InChI=1S/C13H12N4OS/c1-17-9-15-16-13(17)19-8-12(18)11(7-14)10-5-3-2-4-6-10/h2-6,9,11H,8H2,1H3. The SMILES string of the molecule is Cn1cnnc1SCC(=O)C(C#N)c1ccccc1. The van der Waals surface area contributed by atoms with Gasteiger partial charge in [-0.25, -0.2) is 0 Å². The Labute approximate surface area is 115 Å². The van der Waals surface area contributed by atoms with Gasteiger partial charge in [-0.2, -0.15) is 5.26 Å². The third-order valence-corrected chi connectivity index (χ3v) is 3.65. The fourth-order valence-electron chi connectivity index (χ4n) is 1.60. The van der Waals surface area contributed by atoms with Crippen LogP contribution >= 0.6 is 11.8 Å². The molecule has 0 amide bonds. The van der Waals surface area contributed by atoms with Gasteiger partial charge in [-0.1, -0.05) is 42.1 Å². The van der Waals surface area contributed by atoms with E-state index in [1.807, 2.05) is 25.2 Å². The maximum atomic E-state index is 12.1. The molecule has 1 atom stereocenters. The van der Waals surface area contributed by atoms with Crippen LogP contribution in [0.15, 0.2) is 41.8 Å². The van der Waals surface area contributed by atoms with Crippen molar-refractivity contribution in [2.75, 3.05) is 5.75 Å². The van der Waals surface area contributed by atoms with E-state index < -0.39 is 5.92 Å². The van der Waals surface area contributed by atoms with E-state index in [9.17, 15) is 4.79 Å². The highest BCUT2D eigenvalue weighted by atomic mass is 32.2. The molecule has 0 radical (unpaired) electrons. The summed E-state index contributed by atoms with van der Waals surface area (Å²) in [5.74, 6) is -0.636. The average molecular weight is 272 g/mol. The summed E-state index contributed by atoms with van der Waals surface area (Å²) in [5, 5.41) is 17.4. The van der Waals surface area contributed by atoms with Crippen molar-refractivity contribution in [2.45, 2.75) is 11.1 Å². The van der Waals surface area contributed by atoms with Crippen LogP contribution in [0.4, 0.5) is 0 Å². The van der Waals surface area contributed by atoms with Crippen LogP contribution in [0.1, 0.15) is 11.5 Å². The highest BCUT2D eigenvalue weighted by Gasteiger charge is 2.20. The van der Waals surface area contributed by atoms with Gasteiger partial charge in [-0.05, 0) is 5.56 Å². The molecule has 1 aromatic heterocycles. The molecule has 0 bridgehead atoms. The number of carbonyl (C=O) groups is 1. The molecule has 0 aliphatic carbocycles. The zero-order valence-electron chi connectivity index (χ0n) is 10.4. The van der Waals surface area contributed by atoms with Crippen molar-refractivity contribution in [1.82, 2.24) is 14.8 Å². The monoisotopic (exact) mass is 272 g/mol. The predicted octanol–water partition coefficient (Wildman–Crippen LogP) is 1.78. The minimum atomic E-state index is -0.720. The van der Waals surface area contributed by atoms with Crippen LogP contribution in [-0.4, -0.2) is 26.3 Å². The highest BCUT2D eigenvalue weighted by Crippen LogP contribution is 2.20. The molecule has 1 aromatic carbocycles. The molecule has 6 heteroatoms. The summed E-state index contributed by atoms with van der Waals surface area (Å²) in [7, 11) is 1.81. The molecule has 2 aromatic rings. The Morgan fingerprint density at radius 1 is 1.47 bits per heavy atom. The van der Waals surface area contributed by atoms with E-state index in [1.165, 1.54) is 11.8 Å². The topological polar surface area (TPSA) is 71.6 Å². The first-order valence-electron chi connectivity index (χ1n) is 5.66. The molecular weight excluding hydrogens is 260 g/mol. The molecule has 0 N–H and O–H groups in total. The number of benzene rings is 1. The second kappa shape index (κ2) is 6.16. The first kappa shape index (κ1) is 13.3. The van der Waals surface area contributed by atoms with Crippen LogP contribution < -0.4 is 0 Å². The normalized spacial score (nSPS) is 11.8. The van der Waals surface area contributed by atoms with E-state index in [-0.39, 0.29) is 11.5 Å². The van der Waals surface area contributed by atoms with Gasteiger partial charge in [-0.15, -0.1) is 10.2 Å². The molecule has 5 nitrogen and oxygen atoms in total. The number of thioether (sulfide) groups is 1. The second-order valence-electron chi connectivity index (χ2n) is 3.95. The van der Waals surface area contributed by atoms with Crippen molar-refractivity contribution < 1.29 is 4.79 Å². The molecular formula is C13H12N4OS. The zero-order chi connectivity index (χ0) is 13.7. The predicted molar refractivity (Wildman–Crippen MR) is 71.5 cm³/mol. The Bertz CT molecular complexity index is 603. The van der Waals surface area contributed by atoms with Crippen LogP contribution in [-0.2, 0) is 11.8 Å². The average Bonchev–Trinajstić information content (AvgIpc) is 2.84. The van der Waals surface area contributed by atoms with Crippen molar-refractivity contribution in [1.29, 1.82) is 5.26 Å². The summed E-state index contributed by atoms with van der Waals surface area (Å²) in [6, 6.07) is 11.1. The molecule has 0 saturated carbocycles. The highest BCUT2D eigenvalue weighted by molar-refractivity contribution is 7.99. The maximum Gasteiger partial charge on any atom is 0.191 e. The van der Waals surface area contributed by atoms with Crippen LogP contribution in [0.5, 0.6) is 0 Å². The van der Waals surface area contributed by atoms with Crippen molar-refractivity contribution in [3.63, 3.8) is 0 Å². The first-order valence-corrected chi connectivity index (χ1v) is 6.65. The molecule has 0 saturated heterocycles. The maximum absolute atomic E-state index is 12.1. The summed E-state index contributed by atoms with van der Waals surface area (Å²) in [4.78, 5) is 12.1. The zero-order valence-corrected chi connectivity index (χ0v) is 11.2. The van der Waals surface area contributed by atoms with Crippen molar-refractivity contribution in [3.8, 4) is 6.07 Å². The number of carbonyl (C=O) groups excluding carboxylic acids is 1. The Hall–Kier alpha value is -2.13. The fraction of sp³-hybridized carbons (Fsp3) is 0.231. The molecule has 19 heavy (non-hydrogen) atoms. The van der Waals surface area contributed by atoms with Gasteiger partial charge in [-0.3, -0.25) is 4.79 Å². The summed E-state index contributed by atoms with van der Waals surface area (Å²) in [5.41, 5.74) is 0.730. The lowest BCUT2D eigenvalue weighted by Crippen LogP contribution is -2.13. The molecule has 0 spiro atoms. The number of ketones is 1. The van der Waals surface area contributed by atoms with Gasteiger partial charge in [0.2, 0.25) is 0 Å². The van der Waals surface area contributed by atoms with E-state index >= 15 is 0 Å². The summed E-state index contributed by atoms with van der Waals surface area (Å²) in [6.07, 6.45) is 1.58. The fourth-order valence-corrected chi connectivity index (χ4v) is 2.39. The molecule has 0 aliphatic heterocycles. The van der Waals surface area contributed by atoms with E-state index in [1.54, 1.807) is 23.0 Å². The molecule has 0 fully saturated rings. The number of Topliss-reactive ketones (excluding diaryl/α,β-unsaturated/α-hetero) is 1. The minimum absolute atomic E-state index is 0.123. The first-order chi connectivity index (χ1) is 9.22. The third-order valence-electron chi connectivity index (χ3n) is 2.60. The number of hydrogen-bond donors (Lipinski definition) is 0. The van der Waals surface area contributed by atoms with E-state index in [0.29, 0.717) is 5.16 Å². The summed E-state index contributed by atoms with van der Waals surface area (Å²) in [6.45, 7) is 0. The summed E-state index contributed by atoms with van der Waals surface area (Å²) < 4.78 is 1.74. The number of hydrogen-bond acceptors (Lipinski definition) is 5. The number of aromatic nitrogens is 3. The lowest BCUT2D eigenvalue weighted by molar-refractivity contribution is -0.116. The second-order valence-corrected chi connectivity index (χ2v) is 4.89. The van der Waals surface area contributed by atoms with Crippen molar-refractivity contribution in [3.05, 3.63) is 42.2 Å². The molecule has 96 valence electrons. The van der Waals surface area contributed by atoms with Crippen LogP contribution in [0, 0.1) is 11.3 Å².